The van der Waals surface area contributed by atoms with Crippen molar-refractivity contribution in [3.05, 3.63) is 28.2 Å². The van der Waals surface area contributed by atoms with Crippen LogP contribution in [0.5, 0.6) is 5.75 Å². The molecule has 2 amide bonds. The number of piperidine rings is 1. The van der Waals surface area contributed by atoms with Gasteiger partial charge in [-0.2, -0.15) is 0 Å². The van der Waals surface area contributed by atoms with Crippen molar-refractivity contribution < 1.29 is 19.1 Å². The SMILES string of the molecule is CC1CN(C(=O)C2CCN(C(=O)COc3ccc(Cl)c(Cl)c3)CC2)CC(C)O1. The molecule has 2 aliphatic rings. The van der Waals surface area contributed by atoms with Crippen LogP contribution in [0.4, 0.5) is 0 Å². The minimum atomic E-state index is -0.0920. The number of halogens is 2. The van der Waals surface area contributed by atoms with Crippen LogP contribution in [0.1, 0.15) is 26.7 Å². The second-order valence-electron chi connectivity index (χ2n) is 7.52. The Morgan fingerprint density at radius 3 is 2.32 bits per heavy atom. The van der Waals surface area contributed by atoms with E-state index in [4.69, 9.17) is 32.7 Å². The second-order valence-corrected chi connectivity index (χ2v) is 8.33. The Hall–Kier alpha value is -1.50. The van der Waals surface area contributed by atoms with E-state index in [2.05, 4.69) is 0 Å². The van der Waals surface area contributed by atoms with Gasteiger partial charge in [-0.3, -0.25) is 9.59 Å². The molecule has 0 aliphatic carbocycles. The Balaban J connectivity index is 1.45. The molecule has 8 heteroatoms. The van der Waals surface area contributed by atoms with E-state index in [0.717, 1.165) is 0 Å². The molecule has 1 aromatic rings. The van der Waals surface area contributed by atoms with Gasteiger partial charge in [0.25, 0.3) is 5.91 Å². The van der Waals surface area contributed by atoms with Crippen molar-refractivity contribution in [2.24, 2.45) is 5.92 Å². The Bertz CT molecular complexity index is 712. The van der Waals surface area contributed by atoms with Crippen LogP contribution in [-0.4, -0.2) is 66.6 Å². The molecule has 1 aromatic carbocycles. The lowest BCUT2D eigenvalue weighted by Gasteiger charge is -2.39. The molecule has 6 nitrogen and oxygen atoms in total. The number of morpholine rings is 1. The van der Waals surface area contributed by atoms with E-state index in [1.807, 2.05) is 18.7 Å². The predicted molar refractivity (Wildman–Crippen MR) is 108 cm³/mol. The summed E-state index contributed by atoms with van der Waals surface area (Å²) in [6, 6.07) is 4.90. The Kier molecular flexibility index (Phi) is 7.07. The molecular formula is C20H26Cl2N2O4. The van der Waals surface area contributed by atoms with Gasteiger partial charge in [0.2, 0.25) is 5.91 Å². The highest BCUT2D eigenvalue weighted by Gasteiger charge is 2.33. The normalized spacial score (nSPS) is 23.6. The number of ether oxygens (including phenoxy) is 2. The summed E-state index contributed by atoms with van der Waals surface area (Å²) >= 11 is 11.8. The third-order valence-electron chi connectivity index (χ3n) is 5.18. The minimum absolute atomic E-state index is 0.0301. The molecule has 2 fully saturated rings. The fourth-order valence-electron chi connectivity index (χ4n) is 3.79. The molecule has 3 rings (SSSR count). The summed E-state index contributed by atoms with van der Waals surface area (Å²) in [5.74, 6) is 0.563. The van der Waals surface area contributed by atoms with E-state index >= 15 is 0 Å². The molecule has 0 aromatic heterocycles. The lowest BCUT2D eigenvalue weighted by atomic mass is 9.94. The maximum absolute atomic E-state index is 12.8. The van der Waals surface area contributed by atoms with Crippen molar-refractivity contribution in [1.29, 1.82) is 0 Å². The van der Waals surface area contributed by atoms with Crippen LogP contribution in [0, 0.1) is 5.92 Å². The number of amides is 2. The summed E-state index contributed by atoms with van der Waals surface area (Å²) < 4.78 is 11.2. The first kappa shape index (κ1) is 21.2. The van der Waals surface area contributed by atoms with Crippen molar-refractivity contribution in [3.8, 4) is 5.75 Å². The first-order chi connectivity index (χ1) is 13.3. The van der Waals surface area contributed by atoms with Crippen LogP contribution in [0.25, 0.3) is 0 Å². The minimum Gasteiger partial charge on any atom is -0.484 e. The quantitative estimate of drug-likeness (QED) is 0.738. The molecule has 2 saturated heterocycles. The highest BCUT2D eigenvalue weighted by molar-refractivity contribution is 6.42. The Morgan fingerprint density at radius 1 is 1.07 bits per heavy atom. The van der Waals surface area contributed by atoms with Gasteiger partial charge >= 0.3 is 0 Å². The number of hydrogen-bond donors (Lipinski definition) is 0. The standard InChI is InChI=1S/C20H26Cl2N2O4/c1-13-10-24(11-14(2)28-13)20(26)15-5-7-23(8-6-15)19(25)12-27-16-3-4-17(21)18(22)9-16/h3-4,9,13-15H,5-8,10-12H2,1-2H3. The number of nitrogens with zero attached hydrogens (tertiary/aromatic N) is 2. The molecule has 2 atom stereocenters. The molecule has 0 N–H and O–H groups in total. The van der Waals surface area contributed by atoms with E-state index < -0.39 is 0 Å². The fraction of sp³-hybridized carbons (Fsp3) is 0.600. The van der Waals surface area contributed by atoms with Crippen molar-refractivity contribution in [2.75, 3.05) is 32.8 Å². The van der Waals surface area contributed by atoms with Crippen molar-refractivity contribution in [1.82, 2.24) is 9.80 Å². The first-order valence-corrected chi connectivity index (χ1v) is 10.4. The van der Waals surface area contributed by atoms with Gasteiger partial charge in [0.1, 0.15) is 5.75 Å². The van der Waals surface area contributed by atoms with Crippen molar-refractivity contribution >= 4 is 35.0 Å². The molecule has 0 saturated carbocycles. The molecule has 28 heavy (non-hydrogen) atoms. The van der Waals surface area contributed by atoms with Crippen molar-refractivity contribution in [3.63, 3.8) is 0 Å². The number of rotatable bonds is 4. The number of carbonyl (C=O) groups excluding carboxylic acids is 2. The summed E-state index contributed by atoms with van der Waals surface area (Å²) in [6.07, 6.45) is 1.48. The summed E-state index contributed by atoms with van der Waals surface area (Å²) in [5.41, 5.74) is 0. The highest BCUT2D eigenvalue weighted by atomic mass is 35.5. The molecule has 0 spiro atoms. The monoisotopic (exact) mass is 428 g/mol. The average molecular weight is 429 g/mol. The van der Waals surface area contributed by atoms with Crippen LogP contribution in [0.15, 0.2) is 18.2 Å². The van der Waals surface area contributed by atoms with Crippen LogP contribution in [-0.2, 0) is 14.3 Å². The zero-order valence-electron chi connectivity index (χ0n) is 16.2. The van der Waals surface area contributed by atoms with E-state index in [1.54, 1.807) is 23.1 Å². The van der Waals surface area contributed by atoms with Crippen LogP contribution in [0.3, 0.4) is 0 Å². The molecule has 2 heterocycles. The van der Waals surface area contributed by atoms with E-state index in [0.29, 0.717) is 54.8 Å². The van der Waals surface area contributed by atoms with Gasteiger partial charge < -0.3 is 19.3 Å². The molecule has 2 unspecified atom stereocenters. The third kappa shape index (κ3) is 5.31. The lowest BCUT2D eigenvalue weighted by molar-refractivity contribution is -0.150. The van der Waals surface area contributed by atoms with Crippen molar-refractivity contribution in [2.45, 2.75) is 38.9 Å². The van der Waals surface area contributed by atoms with E-state index in [1.165, 1.54) is 0 Å². The molecule has 0 radical (unpaired) electrons. The zero-order valence-corrected chi connectivity index (χ0v) is 17.7. The van der Waals surface area contributed by atoms with Gasteiger partial charge in [0.15, 0.2) is 6.61 Å². The molecule has 2 aliphatic heterocycles. The molecule has 154 valence electrons. The van der Waals surface area contributed by atoms with Gasteiger partial charge in [-0.1, -0.05) is 23.2 Å². The lowest BCUT2D eigenvalue weighted by Crippen LogP contribution is -2.52. The summed E-state index contributed by atoms with van der Waals surface area (Å²) in [7, 11) is 0. The predicted octanol–water partition coefficient (Wildman–Crippen LogP) is 3.25. The highest BCUT2D eigenvalue weighted by Crippen LogP contribution is 2.26. The largest absolute Gasteiger partial charge is 0.484 e. The summed E-state index contributed by atoms with van der Waals surface area (Å²) in [6.45, 7) is 6.33. The number of likely N-dealkylation sites (tertiary alicyclic amines) is 1. The second kappa shape index (κ2) is 9.33. The number of carbonyl (C=O) groups is 2. The van der Waals surface area contributed by atoms with Crippen LogP contribution < -0.4 is 4.74 Å². The van der Waals surface area contributed by atoms with Gasteiger partial charge in [-0.15, -0.1) is 0 Å². The van der Waals surface area contributed by atoms with E-state index in [9.17, 15) is 9.59 Å². The first-order valence-electron chi connectivity index (χ1n) is 9.63. The van der Waals surface area contributed by atoms with Gasteiger partial charge in [-0.05, 0) is 38.8 Å². The number of benzene rings is 1. The molecular weight excluding hydrogens is 403 g/mol. The zero-order chi connectivity index (χ0) is 20.3. The number of hydrogen-bond acceptors (Lipinski definition) is 4. The van der Waals surface area contributed by atoms with Gasteiger partial charge in [0, 0.05) is 38.2 Å². The maximum Gasteiger partial charge on any atom is 0.260 e. The summed E-state index contributed by atoms with van der Waals surface area (Å²) in [4.78, 5) is 28.9. The molecule has 0 bridgehead atoms. The Morgan fingerprint density at radius 2 is 1.71 bits per heavy atom. The average Bonchev–Trinajstić information content (AvgIpc) is 2.67. The smallest absolute Gasteiger partial charge is 0.260 e. The summed E-state index contributed by atoms with van der Waals surface area (Å²) in [5, 5.41) is 0.828. The van der Waals surface area contributed by atoms with Gasteiger partial charge in [-0.25, -0.2) is 0 Å². The van der Waals surface area contributed by atoms with Crippen LogP contribution >= 0.6 is 23.2 Å². The fourth-order valence-corrected chi connectivity index (χ4v) is 4.08. The van der Waals surface area contributed by atoms with E-state index in [-0.39, 0.29) is 36.5 Å². The van der Waals surface area contributed by atoms with Gasteiger partial charge in [0.05, 0.1) is 22.3 Å². The Labute approximate surface area is 175 Å². The van der Waals surface area contributed by atoms with Crippen LogP contribution in [0.2, 0.25) is 10.0 Å². The maximum atomic E-state index is 12.8. The topological polar surface area (TPSA) is 59.1 Å². The third-order valence-corrected chi connectivity index (χ3v) is 5.92.